The zero-order valence-electron chi connectivity index (χ0n) is 11.7. The van der Waals surface area contributed by atoms with E-state index in [1.165, 1.54) is 0 Å². The molecule has 1 N–H and O–H groups in total. The molecule has 0 aliphatic carbocycles. The van der Waals surface area contributed by atoms with Crippen molar-refractivity contribution in [2.45, 2.75) is 20.4 Å². The number of carbonyl (C=O) groups excluding carboxylic acids is 1. The lowest BCUT2D eigenvalue weighted by molar-refractivity contribution is -0.684. The van der Waals surface area contributed by atoms with Crippen LogP contribution in [0.3, 0.4) is 0 Å². The molecule has 2 rings (SSSR count). The number of benzene rings is 1. The Morgan fingerprint density at radius 3 is 2.38 bits per heavy atom. The summed E-state index contributed by atoms with van der Waals surface area (Å²) in [4.78, 5) is 12.0. The summed E-state index contributed by atoms with van der Waals surface area (Å²) in [5, 5.41) is 3.76. The maximum atomic E-state index is 12.0. The van der Waals surface area contributed by atoms with Crippen molar-refractivity contribution in [1.29, 1.82) is 0 Å². The molecule has 0 unspecified atom stereocenters. The van der Waals surface area contributed by atoms with E-state index in [2.05, 4.69) is 11.4 Å². The molecule has 0 saturated heterocycles. The predicted molar refractivity (Wildman–Crippen MR) is 88.5 cm³/mol. The number of halogens is 3. The number of aryl methyl sites for hydroxylation is 2. The molecule has 1 amide bonds. The van der Waals surface area contributed by atoms with Crippen molar-refractivity contribution < 1.29 is 9.36 Å². The summed E-state index contributed by atoms with van der Waals surface area (Å²) in [5.41, 5.74) is 2.74. The average Bonchev–Trinajstić information content (AvgIpc) is 2.32. The van der Waals surface area contributed by atoms with Crippen LogP contribution in [0.1, 0.15) is 11.1 Å². The van der Waals surface area contributed by atoms with Crippen LogP contribution in [0.25, 0.3) is 0 Å². The first-order valence-electron chi connectivity index (χ1n) is 6.16. The molecule has 0 atom stereocenters. The van der Waals surface area contributed by atoms with Crippen LogP contribution >= 0.6 is 35.6 Å². The molecule has 1 aromatic carbocycles. The van der Waals surface area contributed by atoms with E-state index < -0.39 is 0 Å². The Kier molecular flexibility index (Phi) is 6.46. The second-order valence-corrected chi connectivity index (χ2v) is 5.58. The Bertz CT molecular complexity index is 639. The fraction of sp³-hybridized carbons (Fsp3) is 0.200. The molecule has 21 heavy (non-hydrogen) atoms. The zero-order chi connectivity index (χ0) is 14.7. The van der Waals surface area contributed by atoms with Gasteiger partial charge in [-0.15, -0.1) is 12.4 Å². The molecule has 0 saturated carbocycles. The lowest BCUT2D eigenvalue weighted by Gasteiger charge is -2.06. The monoisotopic (exact) mass is 345 g/mol. The topological polar surface area (TPSA) is 33.0 Å². The summed E-state index contributed by atoms with van der Waals surface area (Å²) in [5.74, 6) is -0.149. The summed E-state index contributed by atoms with van der Waals surface area (Å²) in [7, 11) is 0. The lowest BCUT2D eigenvalue weighted by Crippen LogP contribution is -2.40. The highest BCUT2D eigenvalue weighted by atomic mass is 35.5. The third-order valence-electron chi connectivity index (χ3n) is 2.72. The minimum Gasteiger partial charge on any atom is -0.319 e. The average molecular weight is 347 g/mol. The quantitative estimate of drug-likeness (QED) is 0.839. The van der Waals surface area contributed by atoms with Gasteiger partial charge in [0.25, 0.3) is 5.91 Å². The SMILES string of the molecule is Cc1cc(C)c[n+](CC(=O)Nc2cc(Cl)ccc2Cl)c1.Cl. The van der Waals surface area contributed by atoms with Crippen LogP contribution in [-0.2, 0) is 11.3 Å². The summed E-state index contributed by atoms with van der Waals surface area (Å²) in [6.45, 7) is 4.22. The summed E-state index contributed by atoms with van der Waals surface area (Å²) in [6.07, 6.45) is 3.85. The van der Waals surface area contributed by atoms with E-state index in [0.29, 0.717) is 15.7 Å². The van der Waals surface area contributed by atoms with Crippen molar-refractivity contribution in [1.82, 2.24) is 0 Å². The molecule has 0 fully saturated rings. The van der Waals surface area contributed by atoms with Crippen LogP contribution in [0.5, 0.6) is 0 Å². The molecule has 3 nitrogen and oxygen atoms in total. The maximum absolute atomic E-state index is 12.0. The number of aromatic nitrogens is 1. The fourth-order valence-electron chi connectivity index (χ4n) is 2.03. The van der Waals surface area contributed by atoms with Gasteiger partial charge in [0, 0.05) is 16.1 Å². The molecule has 6 heteroatoms. The number of rotatable bonds is 3. The van der Waals surface area contributed by atoms with Crippen LogP contribution in [0, 0.1) is 13.8 Å². The van der Waals surface area contributed by atoms with Gasteiger partial charge < -0.3 is 5.32 Å². The number of nitrogens with one attached hydrogen (secondary N) is 1. The molecule has 1 aromatic heterocycles. The van der Waals surface area contributed by atoms with Crippen LogP contribution in [0.4, 0.5) is 5.69 Å². The van der Waals surface area contributed by atoms with Crippen LogP contribution in [0.2, 0.25) is 10.0 Å². The van der Waals surface area contributed by atoms with Gasteiger partial charge in [0.1, 0.15) is 0 Å². The highest BCUT2D eigenvalue weighted by Crippen LogP contribution is 2.25. The third-order valence-corrected chi connectivity index (χ3v) is 3.29. The largest absolute Gasteiger partial charge is 0.319 e. The fourth-order valence-corrected chi connectivity index (χ4v) is 2.37. The molecular formula is C15H16Cl3N2O+. The van der Waals surface area contributed by atoms with E-state index in [1.807, 2.05) is 30.8 Å². The molecule has 1 heterocycles. The predicted octanol–water partition coefficient (Wildman–Crippen LogP) is 3.96. The number of pyridine rings is 1. The van der Waals surface area contributed by atoms with Gasteiger partial charge in [-0.05, 0) is 38.1 Å². The minimum absolute atomic E-state index is 0. The van der Waals surface area contributed by atoms with Gasteiger partial charge >= 0.3 is 0 Å². The van der Waals surface area contributed by atoms with Crippen molar-refractivity contribution in [2.75, 3.05) is 5.32 Å². The highest BCUT2D eigenvalue weighted by Gasteiger charge is 2.12. The Morgan fingerprint density at radius 2 is 1.76 bits per heavy atom. The van der Waals surface area contributed by atoms with Crippen LogP contribution in [-0.4, -0.2) is 5.91 Å². The molecule has 0 bridgehead atoms. The van der Waals surface area contributed by atoms with Gasteiger partial charge in [0.15, 0.2) is 12.4 Å². The lowest BCUT2D eigenvalue weighted by atomic mass is 10.2. The van der Waals surface area contributed by atoms with Crippen molar-refractivity contribution in [3.8, 4) is 0 Å². The minimum atomic E-state index is -0.149. The number of nitrogens with zero attached hydrogens (tertiary/aromatic N) is 1. The number of amides is 1. The van der Waals surface area contributed by atoms with Crippen molar-refractivity contribution in [3.05, 3.63) is 57.8 Å². The molecular weight excluding hydrogens is 331 g/mol. The summed E-state index contributed by atoms with van der Waals surface area (Å²) in [6, 6.07) is 7.03. The summed E-state index contributed by atoms with van der Waals surface area (Å²) >= 11 is 11.9. The number of anilines is 1. The van der Waals surface area contributed by atoms with Gasteiger partial charge in [0.05, 0.1) is 10.7 Å². The Balaban J connectivity index is 0.00000220. The van der Waals surface area contributed by atoms with Gasteiger partial charge in [-0.3, -0.25) is 4.79 Å². The zero-order valence-corrected chi connectivity index (χ0v) is 14.0. The van der Waals surface area contributed by atoms with Crippen molar-refractivity contribution in [3.63, 3.8) is 0 Å². The first-order valence-corrected chi connectivity index (χ1v) is 6.92. The van der Waals surface area contributed by atoms with E-state index in [9.17, 15) is 4.79 Å². The summed E-state index contributed by atoms with van der Waals surface area (Å²) < 4.78 is 1.85. The maximum Gasteiger partial charge on any atom is 0.290 e. The Labute approximate surface area is 140 Å². The van der Waals surface area contributed by atoms with Gasteiger partial charge in [0.2, 0.25) is 6.54 Å². The van der Waals surface area contributed by atoms with E-state index in [4.69, 9.17) is 23.2 Å². The van der Waals surface area contributed by atoms with E-state index in [1.54, 1.807) is 18.2 Å². The molecule has 0 aliphatic rings. The molecule has 0 radical (unpaired) electrons. The first kappa shape index (κ1) is 17.8. The Hall–Kier alpha value is -1.29. The third kappa shape index (κ3) is 5.20. The van der Waals surface area contributed by atoms with Crippen LogP contribution in [0.15, 0.2) is 36.7 Å². The number of carbonyl (C=O) groups is 1. The van der Waals surface area contributed by atoms with Gasteiger partial charge in [-0.1, -0.05) is 23.2 Å². The molecule has 0 aliphatic heterocycles. The van der Waals surface area contributed by atoms with Gasteiger partial charge in [-0.2, -0.15) is 4.57 Å². The van der Waals surface area contributed by atoms with Crippen molar-refractivity contribution in [2.24, 2.45) is 0 Å². The second kappa shape index (κ2) is 7.64. The van der Waals surface area contributed by atoms with Gasteiger partial charge in [-0.25, -0.2) is 0 Å². The van der Waals surface area contributed by atoms with E-state index in [0.717, 1.165) is 11.1 Å². The molecule has 0 spiro atoms. The smallest absolute Gasteiger partial charge is 0.290 e. The Morgan fingerprint density at radius 1 is 1.14 bits per heavy atom. The van der Waals surface area contributed by atoms with Crippen molar-refractivity contribution >= 4 is 47.2 Å². The first-order chi connectivity index (χ1) is 9.44. The highest BCUT2D eigenvalue weighted by molar-refractivity contribution is 6.35. The van der Waals surface area contributed by atoms with E-state index >= 15 is 0 Å². The number of hydrogen-bond donors (Lipinski definition) is 1. The number of hydrogen-bond acceptors (Lipinski definition) is 1. The standard InChI is InChI=1S/C15H14Cl2N2O.ClH/c1-10-5-11(2)8-19(7-10)9-15(20)18-14-6-12(16)3-4-13(14)17;/h3-8H,9H2,1-2H3;1H/p+1. The second-order valence-electron chi connectivity index (χ2n) is 4.74. The van der Waals surface area contributed by atoms with E-state index in [-0.39, 0.29) is 24.9 Å². The normalized spacial score (nSPS) is 9.90. The van der Waals surface area contributed by atoms with Crippen LogP contribution < -0.4 is 9.88 Å². The molecule has 112 valence electrons. The molecule has 2 aromatic rings.